The number of aromatic nitrogens is 2. The minimum absolute atomic E-state index is 0.0101. The molecule has 1 fully saturated rings. The summed E-state index contributed by atoms with van der Waals surface area (Å²) in [5.41, 5.74) is 7.25. The lowest BCUT2D eigenvalue weighted by Crippen LogP contribution is -2.34. The summed E-state index contributed by atoms with van der Waals surface area (Å²) in [5.74, 6) is 0. The lowest BCUT2D eigenvalue weighted by molar-refractivity contribution is 0.557. The molecule has 1 atom stereocenters. The van der Waals surface area contributed by atoms with E-state index in [-0.39, 0.29) is 5.54 Å². The first-order valence-corrected chi connectivity index (χ1v) is 8.58. The zero-order valence-corrected chi connectivity index (χ0v) is 13.5. The molecule has 1 heterocycles. The standard InChI is InChI=1S/C13H17N5OS2/c1-8-16-17-12(20-8)15-11-7-9(3-4-10(11)14)21(19)18-13(2)5-6-13/h3-4,7,18H,5-6,14H2,1-2H3,(H,15,17). The molecule has 3 rings (SSSR count). The van der Waals surface area contributed by atoms with Crippen LogP contribution in [-0.2, 0) is 11.4 Å². The van der Waals surface area contributed by atoms with Gasteiger partial charge in [0.15, 0.2) is 4.90 Å². The summed E-state index contributed by atoms with van der Waals surface area (Å²) in [6, 6.07) is 5.32. The smallest absolute Gasteiger partial charge is 0.210 e. The number of benzene rings is 1. The molecule has 1 saturated carbocycles. The van der Waals surface area contributed by atoms with E-state index < -0.39 is 11.4 Å². The predicted octanol–water partition coefficient (Wildman–Crippen LogP) is 2.34. The van der Waals surface area contributed by atoms with Crippen molar-refractivity contribution in [1.29, 1.82) is 0 Å². The van der Waals surface area contributed by atoms with Gasteiger partial charge in [0.25, 0.3) is 0 Å². The van der Waals surface area contributed by atoms with Crippen LogP contribution in [0.3, 0.4) is 0 Å². The monoisotopic (exact) mass is 323 g/mol. The third-order valence-electron chi connectivity index (χ3n) is 3.35. The number of nitrogen functional groups attached to an aromatic ring is 1. The number of nitrogens with zero attached hydrogens (tertiary/aromatic N) is 2. The maximum atomic E-state index is 12.3. The Morgan fingerprint density at radius 2 is 2.14 bits per heavy atom. The molecule has 1 aliphatic carbocycles. The lowest BCUT2D eigenvalue weighted by Gasteiger charge is -2.16. The van der Waals surface area contributed by atoms with Gasteiger partial charge in [-0.3, -0.25) is 0 Å². The van der Waals surface area contributed by atoms with E-state index in [0.717, 1.165) is 17.8 Å². The predicted molar refractivity (Wildman–Crippen MR) is 86.0 cm³/mol. The zero-order chi connectivity index (χ0) is 15.0. The Kier molecular flexibility index (Phi) is 3.78. The van der Waals surface area contributed by atoms with Gasteiger partial charge in [-0.05, 0) is 38.8 Å². The zero-order valence-electron chi connectivity index (χ0n) is 11.8. The average molecular weight is 323 g/mol. The Hall–Kier alpha value is -1.35. The second-order valence-electron chi connectivity index (χ2n) is 5.43. The van der Waals surface area contributed by atoms with Crippen molar-refractivity contribution in [2.75, 3.05) is 11.1 Å². The van der Waals surface area contributed by atoms with Gasteiger partial charge in [0.1, 0.15) is 5.01 Å². The Morgan fingerprint density at radius 1 is 1.38 bits per heavy atom. The molecule has 4 N–H and O–H groups in total. The number of rotatable bonds is 5. The molecule has 8 heteroatoms. The molecule has 0 aliphatic heterocycles. The van der Waals surface area contributed by atoms with Crippen LogP contribution in [0, 0.1) is 6.92 Å². The van der Waals surface area contributed by atoms with Crippen molar-refractivity contribution in [3.05, 3.63) is 23.2 Å². The summed E-state index contributed by atoms with van der Waals surface area (Å²) in [6.07, 6.45) is 2.12. The first-order chi connectivity index (χ1) is 9.95. The Morgan fingerprint density at radius 3 is 2.76 bits per heavy atom. The van der Waals surface area contributed by atoms with Crippen molar-refractivity contribution in [3.63, 3.8) is 0 Å². The molecular weight excluding hydrogens is 306 g/mol. The van der Waals surface area contributed by atoms with E-state index in [1.165, 1.54) is 11.3 Å². The van der Waals surface area contributed by atoms with Gasteiger partial charge < -0.3 is 15.6 Å². The van der Waals surface area contributed by atoms with Gasteiger partial charge >= 0.3 is 0 Å². The fourth-order valence-corrected chi connectivity index (χ4v) is 3.58. The van der Waals surface area contributed by atoms with Crippen molar-refractivity contribution in [2.24, 2.45) is 0 Å². The second-order valence-corrected chi connectivity index (χ2v) is 7.83. The number of aryl methyl sites for hydroxylation is 1. The topological polar surface area (TPSA) is 98.9 Å². The van der Waals surface area contributed by atoms with E-state index in [4.69, 9.17) is 5.73 Å². The van der Waals surface area contributed by atoms with E-state index in [0.29, 0.717) is 21.4 Å². The molecular formula is C13H17N5OS2. The molecule has 112 valence electrons. The third-order valence-corrected chi connectivity index (χ3v) is 5.46. The summed E-state index contributed by atoms with van der Waals surface area (Å²) < 4.78 is 15.5. The van der Waals surface area contributed by atoms with Crippen LogP contribution in [0.25, 0.3) is 0 Å². The number of hydrogen-bond donors (Lipinski definition) is 3. The third kappa shape index (κ3) is 3.46. The molecule has 1 aromatic heterocycles. The minimum atomic E-state index is -1.24. The van der Waals surface area contributed by atoms with Gasteiger partial charge in [-0.25, -0.2) is 0 Å². The minimum Gasteiger partial charge on any atom is -0.593 e. The number of hydrogen-bond acceptors (Lipinski definition) is 7. The van der Waals surface area contributed by atoms with Crippen molar-refractivity contribution >= 4 is 39.2 Å². The van der Waals surface area contributed by atoms with Crippen LogP contribution in [-0.4, -0.2) is 20.3 Å². The Labute approximate surface area is 130 Å². The summed E-state index contributed by atoms with van der Waals surface area (Å²) in [7, 11) is 0. The molecule has 1 unspecified atom stereocenters. The van der Waals surface area contributed by atoms with Gasteiger partial charge in [-0.2, -0.15) is 0 Å². The van der Waals surface area contributed by atoms with E-state index in [1.54, 1.807) is 18.2 Å². The van der Waals surface area contributed by atoms with Crippen molar-refractivity contribution in [1.82, 2.24) is 14.9 Å². The average Bonchev–Trinajstić information content (AvgIpc) is 3.01. The SMILES string of the molecule is Cc1nnc(Nc2cc([S+]([O-])NC3(C)CC3)ccc2N)s1. The van der Waals surface area contributed by atoms with Crippen LogP contribution >= 0.6 is 11.3 Å². The highest BCUT2D eigenvalue weighted by Crippen LogP contribution is 2.36. The molecule has 0 radical (unpaired) electrons. The van der Waals surface area contributed by atoms with Crippen LogP contribution in [0.5, 0.6) is 0 Å². The van der Waals surface area contributed by atoms with Crippen LogP contribution in [0.2, 0.25) is 0 Å². The highest BCUT2D eigenvalue weighted by Gasteiger charge is 2.42. The first-order valence-electron chi connectivity index (χ1n) is 6.61. The number of nitrogens with two attached hydrogens (primary N) is 1. The first kappa shape index (κ1) is 14.6. The Bertz CT molecular complexity index is 656. The van der Waals surface area contributed by atoms with Crippen molar-refractivity contribution < 1.29 is 4.55 Å². The van der Waals surface area contributed by atoms with Crippen molar-refractivity contribution in [2.45, 2.75) is 37.1 Å². The number of nitrogens with one attached hydrogen (secondary N) is 2. The lowest BCUT2D eigenvalue weighted by atomic mass is 10.3. The quantitative estimate of drug-likeness (QED) is 0.577. The largest absolute Gasteiger partial charge is 0.593 e. The van der Waals surface area contributed by atoms with E-state index in [9.17, 15) is 4.55 Å². The normalized spacial score (nSPS) is 17.5. The van der Waals surface area contributed by atoms with Gasteiger partial charge in [-0.1, -0.05) is 11.3 Å². The summed E-state index contributed by atoms with van der Waals surface area (Å²) >= 11 is 0.205. The summed E-state index contributed by atoms with van der Waals surface area (Å²) in [4.78, 5) is 0.695. The van der Waals surface area contributed by atoms with Crippen LogP contribution in [0.15, 0.2) is 23.1 Å². The highest BCUT2D eigenvalue weighted by molar-refractivity contribution is 7.89. The molecule has 0 saturated heterocycles. The molecule has 0 spiro atoms. The van der Waals surface area contributed by atoms with Gasteiger partial charge in [-0.15, -0.1) is 14.9 Å². The summed E-state index contributed by atoms with van der Waals surface area (Å²) in [5, 5.41) is 12.6. The van der Waals surface area contributed by atoms with Crippen LogP contribution in [0.1, 0.15) is 24.8 Å². The second kappa shape index (κ2) is 5.45. The van der Waals surface area contributed by atoms with E-state index >= 15 is 0 Å². The summed E-state index contributed by atoms with van der Waals surface area (Å²) in [6.45, 7) is 3.96. The van der Waals surface area contributed by atoms with Gasteiger partial charge in [0.05, 0.1) is 28.3 Å². The van der Waals surface area contributed by atoms with Crippen molar-refractivity contribution in [3.8, 4) is 0 Å². The van der Waals surface area contributed by atoms with E-state index in [2.05, 4.69) is 27.2 Å². The molecule has 6 nitrogen and oxygen atoms in total. The molecule has 0 amide bonds. The van der Waals surface area contributed by atoms with Gasteiger partial charge in [0.2, 0.25) is 5.13 Å². The highest BCUT2D eigenvalue weighted by atomic mass is 32.2. The van der Waals surface area contributed by atoms with Crippen LogP contribution < -0.4 is 15.8 Å². The maximum absolute atomic E-state index is 12.3. The van der Waals surface area contributed by atoms with Crippen LogP contribution in [0.4, 0.5) is 16.5 Å². The van der Waals surface area contributed by atoms with E-state index in [1.807, 2.05) is 6.92 Å². The maximum Gasteiger partial charge on any atom is 0.210 e. The fraction of sp³-hybridized carbons (Fsp3) is 0.385. The molecule has 1 aliphatic rings. The molecule has 2 aromatic rings. The molecule has 1 aromatic carbocycles. The Balaban J connectivity index is 1.78. The molecule has 0 bridgehead atoms. The molecule has 21 heavy (non-hydrogen) atoms. The van der Waals surface area contributed by atoms with Gasteiger partial charge in [0, 0.05) is 6.07 Å². The number of anilines is 3. The fourth-order valence-electron chi connectivity index (χ4n) is 1.79.